The zero-order valence-electron chi connectivity index (χ0n) is 16.5. The van der Waals surface area contributed by atoms with E-state index in [1.807, 2.05) is 23.6 Å². The molecule has 3 N–H and O–H groups in total. The van der Waals surface area contributed by atoms with Crippen molar-refractivity contribution in [2.75, 3.05) is 6.54 Å². The molecule has 31 heavy (non-hydrogen) atoms. The lowest BCUT2D eigenvalue weighted by Crippen LogP contribution is -2.41. The fourth-order valence-corrected chi connectivity index (χ4v) is 4.88. The molecule has 3 amide bonds. The number of phenols is 1. The van der Waals surface area contributed by atoms with Crippen LogP contribution in [0.4, 0.5) is 0 Å². The molecule has 0 atom stereocenters. The molecule has 10 heteroatoms. The van der Waals surface area contributed by atoms with E-state index in [-0.39, 0.29) is 29.5 Å². The molecular formula is C21H21N3O4S3. The summed E-state index contributed by atoms with van der Waals surface area (Å²) in [5.74, 6) is -1.15. The Bertz CT molecular complexity index is 1010. The van der Waals surface area contributed by atoms with Crippen LogP contribution in [-0.4, -0.2) is 38.6 Å². The van der Waals surface area contributed by atoms with Crippen molar-refractivity contribution in [2.45, 2.75) is 25.7 Å². The molecule has 1 aromatic carbocycles. The van der Waals surface area contributed by atoms with Crippen molar-refractivity contribution in [1.82, 2.24) is 15.8 Å². The molecule has 7 nitrogen and oxygen atoms in total. The Morgan fingerprint density at radius 3 is 2.65 bits per heavy atom. The first-order valence-corrected chi connectivity index (χ1v) is 11.7. The first-order valence-electron chi connectivity index (χ1n) is 9.62. The Kier molecular flexibility index (Phi) is 8.21. The quantitative estimate of drug-likeness (QED) is 0.233. The Balaban J connectivity index is 1.34. The Labute approximate surface area is 193 Å². The molecule has 0 saturated carbocycles. The maximum absolute atomic E-state index is 12.5. The van der Waals surface area contributed by atoms with Gasteiger partial charge in [0.15, 0.2) is 0 Å². The standard InChI is InChI=1S/C21H21N3O4S3/c25-16-9-4-3-8-15(16)19(27)23-22-18(26)10-2-1-5-11-24-20(28)17(31-21(24)29)13-14-7-6-12-30-14/h3-4,6-9,12-13,25H,1-2,5,10-11H2,(H,22,26)(H,23,27). The average molecular weight is 476 g/mol. The molecule has 0 aliphatic carbocycles. The Morgan fingerprint density at radius 1 is 1.10 bits per heavy atom. The number of phenolic OH excluding ortho intramolecular Hbond substituents is 1. The third-order valence-electron chi connectivity index (χ3n) is 4.44. The van der Waals surface area contributed by atoms with Crippen LogP contribution in [0.2, 0.25) is 0 Å². The molecule has 0 radical (unpaired) electrons. The maximum Gasteiger partial charge on any atom is 0.273 e. The van der Waals surface area contributed by atoms with Gasteiger partial charge in [0.25, 0.3) is 11.8 Å². The van der Waals surface area contributed by atoms with Crippen molar-refractivity contribution in [3.63, 3.8) is 0 Å². The number of amides is 3. The summed E-state index contributed by atoms with van der Waals surface area (Å²) >= 11 is 8.20. The van der Waals surface area contributed by atoms with Gasteiger partial charge >= 0.3 is 0 Å². The number of hydrazine groups is 1. The number of carbonyl (C=O) groups excluding carboxylic acids is 3. The molecular weight excluding hydrogens is 454 g/mol. The summed E-state index contributed by atoms with van der Waals surface area (Å²) in [7, 11) is 0. The van der Waals surface area contributed by atoms with E-state index < -0.39 is 5.91 Å². The van der Waals surface area contributed by atoms with E-state index in [0.717, 1.165) is 17.7 Å². The number of thiocarbonyl (C=S) groups is 1. The van der Waals surface area contributed by atoms with Crippen molar-refractivity contribution in [1.29, 1.82) is 0 Å². The van der Waals surface area contributed by atoms with E-state index in [2.05, 4.69) is 10.9 Å². The van der Waals surface area contributed by atoms with Crippen LogP contribution < -0.4 is 10.9 Å². The van der Waals surface area contributed by atoms with Crippen LogP contribution >= 0.6 is 35.3 Å². The summed E-state index contributed by atoms with van der Waals surface area (Å²) in [5.41, 5.74) is 4.70. The van der Waals surface area contributed by atoms with Crippen LogP contribution in [0.25, 0.3) is 6.08 Å². The number of nitrogens with one attached hydrogen (secondary N) is 2. The lowest BCUT2D eigenvalue weighted by Gasteiger charge is -2.14. The lowest BCUT2D eigenvalue weighted by atomic mass is 10.2. The topological polar surface area (TPSA) is 98.7 Å². The highest BCUT2D eigenvalue weighted by atomic mass is 32.2. The second kappa shape index (κ2) is 11.1. The van der Waals surface area contributed by atoms with Gasteiger partial charge in [0.05, 0.1) is 10.5 Å². The molecule has 0 bridgehead atoms. The molecule has 1 fully saturated rings. The number of thioether (sulfide) groups is 1. The Morgan fingerprint density at radius 2 is 1.90 bits per heavy atom. The fraction of sp³-hybridized carbons (Fsp3) is 0.238. The molecule has 3 rings (SSSR count). The third-order valence-corrected chi connectivity index (χ3v) is 6.64. The minimum absolute atomic E-state index is 0.0759. The second-order valence-electron chi connectivity index (χ2n) is 6.68. The zero-order chi connectivity index (χ0) is 22.2. The lowest BCUT2D eigenvalue weighted by molar-refractivity contribution is -0.123. The molecule has 2 aromatic rings. The number of thiophene rings is 1. The largest absolute Gasteiger partial charge is 0.507 e. The van der Waals surface area contributed by atoms with Crippen molar-refractivity contribution in [2.24, 2.45) is 0 Å². The fourth-order valence-electron chi connectivity index (χ4n) is 2.85. The van der Waals surface area contributed by atoms with Gasteiger partial charge in [-0.1, -0.05) is 48.6 Å². The molecule has 2 heterocycles. The predicted octanol–water partition coefficient (Wildman–Crippen LogP) is 3.68. The van der Waals surface area contributed by atoms with Gasteiger partial charge in [0.2, 0.25) is 5.91 Å². The van der Waals surface area contributed by atoms with Crippen molar-refractivity contribution in [3.8, 4) is 5.75 Å². The number of hydrogen-bond donors (Lipinski definition) is 3. The molecule has 0 unspecified atom stereocenters. The van der Waals surface area contributed by atoms with E-state index in [1.165, 1.54) is 23.9 Å². The summed E-state index contributed by atoms with van der Waals surface area (Å²) in [4.78, 5) is 39.6. The minimum atomic E-state index is -0.587. The van der Waals surface area contributed by atoms with E-state index in [9.17, 15) is 19.5 Å². The number of para-hydroxylation sites is 1. The molecule has 0 spiro atoms. The first kappa shape index (κ1) is 23.0. The predicted molar refractivity (Wildman–Crippen MR) is 126 cm³/mol. The van der Waals surface area contributed by atoms with Gasteiger partial charge in [-0.15, -0.1) is 11.3 Å². The highest BCUT2D eigenvalue weighted by molar-refractivity contribution is 8.26. The zero-order valence-corrected chi connectivity index (χ0v) is 18.9. The number of nitrogens with zero attached hydrogens (tertiary/aromatic N) is 1. The van der Waals surface area contributed by atoms with Crippen LogP contribution in [0.5, 0.6) is 5.75 Å². The van der Waals surface area contributed by atoms with Gasteiger partial charge in [-0.3, -0.25) is 30.1 Å². The highest BCUT2D eigenvalue weighted by Gasteiger charge is 2.31. The van der Waals surface area contributed by atoms with Crippen LogP contribution in [0.1, 0.15) is 40.9 Å². The van der Waals surface area contributed by atoms with Crippen LogP contribution in [0.3, 0.4) is 0 Å². The number of aromatic hydroxyl groups is 1. The van der Waals surface area contributed by atoms with Crippen LogP contribution in [0, 0.1) is 0 Å². The van der Waals surface area contributed by atoms with Gasteiger partial charge < -0.3 is 5.11 Å². The molecule has 1 aliphatic rings. The van der Waals surface area contributed by atoms with E-state index in [1.54, 1.807) is 28.4 Å². The number of rotatable bonds is 8. The normalized spacial score (nSPS) is 14.8. The van der Waals surface area contributed by atoms with E-state index in [4.69, 9.17) is 12.2 Å². The summed E-state index contributed by atoms with van der Waals surface area (Å²) in [6, 6.07) is 9.96. The first-order chi connectivity index (χ1) is 15.0. The van der Waals surface area contributed by atoms with Crippen LogP contribution in [-0.2, 0) is 9.59 Å². The average Bonchev–Trinajstić information content (AvgIpc) is 3.35. The SMILES string of the molecule is O=C(CCCCCN1C(=O)C(=Cc2cccs2)SC1=S)NNC(=O)c1ccccc1O. The van der Waals surface area contributed by atoms with Crippen molar-refractivity contribution >= 4 is 63.4 Å². The van der Waals surface area contributed by atoms with Crippen molar-refractivity contribution in [3.05, 3.63) is 57.1 Å². The van der Waals surface area contributed by atoms with Gasteiger partial charge in [0.1, 0.15) is 10.1 Å². The maximum atomic E-state index is 12.5. The number of carbonyl (C=O) groups is 3. The molecule has 1 aliphatic heterocycles. The number of benzene rings is 1. The van der Waals surface area contributed by atoms with Gasteiger partial charge in [-0.2, -0.15) is 0 Å². The minimum Gasteiger partial charge on any atom is -0.507 e. The van der Waals surface area contributed by atoms with Gasteiger partial charge in [0, 0.05) is 17.8 Å². The second-order valence-corrected chi connectivity index (χ2v) is 9.33. The van der Waals surface area contributed by atoms with Gasteiger partial charge in [-0.25, -0.2) is 0 Å². The molecule has 162 valence electrons. The molecule has 1 aromatic heterocycles. The monoisotopic (exact) mass is 475 g/mol. The number of hydrogen-bond acceptors (Lipinski definition) is 7. The number of unbranched alkanes of at least 4 members (excludes halogenated alkanes) is 2. The van der Waals surface area contributed by atoms with Crippen molar-refractivity contribution < 1.29 is 19.5 Å². The summed E-state index contributed by atoms with van der Waals surface area (Å²) in [6.07, 6.45) is 4.16. The Hall–Kier alpha value is -2.69. The van der Waals surface area contributed by atoms with E-state index >= 15 is 0 Å². The summed E-state index contributed by atoms with van der Waals surface area (Å²) in [6.45, 7) is 0.512. The molecule has 1 saturated heterocycles. The smallest absolute Gasteiger partial charge is 0.273 e. The summed E-state index contributed by atoms with van der Waals surface area (Å²) in [5, 5.41) is 11.6. The highest BCUT2D eigenvalue weighted by Crippen LogP contribution is 2.33. The third kappa shape index (κ3) is 6.39. The van der Waals surface area contributed by atoms with Crippen LogP contribution in [0.15, 0.2) is 46.7 Å². The van der Waals surface area contributed by atoms with Gasteiger partial charge in [-0.05, 0) is 42.5 Å². The summed E-state index contributed by atoms with van der Waals surface area (Å²) < 4.78 is 0.553. The van der Waals surface area contributed by atoms with E-state index in [0.29, 0.717) is 22.2 Å².